The van der Waals surface area contributed by atoms with Crippen molar-refractivity contribution in [2.45, 2.75) is 69.8 Å². The van der Waals surface area contributed by atoms with Crippen molar-refractivity contribution in [3.8, 4) is 0 Å². The second-order valence-corrected chi connectivity index (χ2v) is 10.4. The van der Waals surface area contributed by atoms with Crippen LogP contribution in [0.4, 0.5) is 21.8 Å². The van der Waals surface area contributed by atoms with Crippen LogP contribution < -0.4 is 16.0 Å². The molecule has 0 radical (unpaired) electrons. The van der Waals surface area contributed by atoms with E-state index in [1.807, 2.05) is 19.1 Å². The second kappa shape index (κ2) is 11.0. The smallest absolute Gasteiger partial charge is 0.229 e. The van der Waals surface area contributed by atoms with E-state index in [0.717, 1.165) is 76.0 Å². The number of anilines is 3. The summed E-state index contributed by atoms with van der Waals surface area (Å²) in [4.78, 5) is 15.8. The van der Waals surface area contributed by atoms with Gasteiger partial charge in [0.25, 0.3) is 0 Å². The molecule has 196 valence electrons. The lowest BCUT2D eigenvalue weighted by Crippen LogP contribution is -2.48. The van der Waals surface area contributed by atoms with Gasteiger partial charge in [-0.25, -0.2) is 9.37 Å². The minimum atomic E-state index is -0.361. The molecule has 2 saturated heterocycles. The van der Waals surface area contributed by atoms with Gasteiger partial charge in [0, 0.05) is 43.4 Å². The van der Waals surface area contributed by atoms with Crippen LogP contribution in [0.25, 0.3) is 5.70 Å². The zero-order chi connectivity index (χ0) is 25.8. The highest BCUT2D eigenvalue weighted by atomic mass is 19.1. The van der Waals surface area contributed by atoms with Gasteiger partial charge in [0.1, 0.15) is 5.82 Å². The molecular weight excluding hydrogens is 467 g/mol. The molecule has 0 unspecified atom stereocenters. The molecule has 37 heavy (non-hydrogen) atoms. The summed E-state index contributed by atoms with van der Waals surface area (Å²) in [6.45, 7) is 8.13. The average molecular weight is 505 g/mol. The lowest BCUT2D eigenvalue weighted by atomic mass is 9.79. The predicted octanol–water partition coefficient (Wildman–Crippen LogP) is 6.07. The third-order valence-electron chi connectivity index (χ3n) is 7.95. The molecule has 7 nitrogen and oxygen atoms in total. The van der Waals surface area contributed by atoms with Crippen LogP contribution in [0, 0.1) is 5.82 Å². The highest BCUT2D eigenvalue weighted by Crippen LogP contribution is 2.43. The standard InChI is InChI=1S/C29H37FN6O/c1-3-24(33-19-20(2)31)23-10-9-22(21-7-6-8-21)27(26(23)30)35-28-32-15-11-25(34-28)36-16-13-29(14-17-36)12-4-5-18-37-29/h3,9-11,15,19,21H,2,4-8,12-14,16-18,31H2,1H3,(H,32,34,35)/b24-3-,33-19?. The molecule has 3 aliphatic rings. The number of benzene rings is 1. The number of aliphatic imine (C=N–C) groups is 1. The number of nitrogens with two attached hydrogens (primary N) is 1. The monoisotopic (exact) mass is 504 g/mol. The molecule has 1 aromatic heterocycles. The van der Waals surface area contributed by atoms with Crippen molar-refractivity contribution >= 4 is 29.4 Å². The van der Waals surface area contributed by atoms with Gasteiger partial charge < -0.3 is 20.7 Å². The van der Waals surface area contributed by atoms with Crippen molar-refractivity contribution in [2.24, 2.45) is 10.7 Å². The van der Waals surface area contributed by atoms with Crippen LogP contribution in [-0.2, 0) is 4.74 Å². The van der Waals surface area contributed by atoms with E-state index in [-0.39, 0.29) is 11.4 Å². The summed E-state index contributed by atoms with van der Waals surface area (Å²) in [6.07, 6.45) is 13.8. The Morgan fingerprint density at radius 1 is 1.22 bits per heavy atom. The summed E-state index contributed by atoms with van der Waals surface area (Å²) in [5, 5.41) is 3.24. The van der Waals surface area contributed by atoms with Gasteiger partial charge in [-0.1, -0.05) is 25.1 Å². The summed E-state index contributed by atoms with van der Waals surface area (Å²) in [5.41, 5.74) is 8.27. The van der Waals surface area contributed by atoms with Crippen molar-refractivity contribution in [2.75, 3.05) is 29.9 Å². The Kier molecular flexibility index (Phi) is 7.55. The summed E-state index contributed by atoms with van der Waals surface area (Å²) < 4.78 is 22.2. The van der Waals surface area contributed by atoms with Crippen LogP contribution in [0.5, 0.6) is 0 Å². The summed E-state index contributed by atoms with van der Waals surface area (Å²) in [6, 6.07) is 5.73. The minimum absolute atomic E-state index is 0.0351. The van der Waals surface area contributed by atoms with Crippen molar-refractivity contribution in [1.29, 1.82) is 0 Å². The first-order chi connectivity index (χ1) is 18.0. The van der Waals surface area contributed by atoms with Crippen molar-refractivity contribution < 1.29 is 9.13 Å². The number of allylic oxidation sites excluding steroid dienone is 2. The maximum absolute atomic E-state index is 16.0. The van der Waals surface area contributed by atoms with Crippen LogP contribution in [-0.4, -0.2) is 41.5 Å². The van der Waals surface area contributed by atoms with Crippen molar-refractivity contribution in [1.82, 2.24) is 9.97 Å². The van der Waals surface area contributed by atoms with Crippen molar-refractivity contribution in [3.05, 3.63) is 59.7 Å². The molecule has 2 aromatic rings. The SMILES string of the molecule is C=C(N)C=N/C(=C\C)c1ccc(C2CCC2)c(Nc2nccc(N3CCC4(CCCCO4)CC3)n2)c1F. The van der Waals surface area contributed by atoms with Crippen LogP contribution in [0.1, 0.15) is 75.3 Å². The number of nitrogens with one attached hydrogen (secondary N) is 1. The third-order valence-corrected chi connectivity index (χ3v) is 7.95. The van der Waals surface area contributed by atoms with E-state index in [4.69, 9.17) is 15.5 Å². The molecule has 2 aliphatic heterocycles. The fourth-order valence-electron chi connectivity index (χ4n) is 5.57. The van der Waals surface area contributed by atoms with E-state index < -0.39 is 0 Å². The second-order valence-electron chi connectivity index (χ2n) is 10.4. The van der Waals surface area contributed by atoms with E-state index in [9.17, 15) is 0 Å². The topological polar surface area (TPSA) is 88.7 Å². The van der Waals surface area contributed by atoms with E-state index in [0.29, 0.717) is 34.5 Å². The van der Waals surface area contributed by atoms with Crippen molar-refractivity contribution in [3.63, 3.8) is 0 Å². The molecule has 1 aliphatic carbocycles. The van der Waals surface area contributed by atoms with Gasteiger partial charge in [-0.3, -0.25) is 4.99 Å². The predicted molar refractivity (Wildman–Crippen MR) is 148 cm³/mol. The lowest BCUT2D eigenvalue weighted by molar-refractivity contribution is -0.0921. The first kappa shape index (κ1) is 25.4. The zero-order valence-electron chi connectivity index (χ0n) is 21.7. The largest absolute Gasteiger partial charge is 0.398 e. The molecular formula is C29H37FN6O. The maximum Gasteiger partial charge on any atom is 0.229 e. The number of halogens is 1. The zero-order valence-corrected chi connectivity index (χ0v) is 21.7. The summed E-state index contributed by atoms with van der Waals surface area (Å²) >= 11 is 0. The Labute approximate surface area is 218 Å². The summed E-state index contributed by atoms with van der Waals surface area (Å²) in [7, 11) is 0. The Hall–Kier alpha value is -3.26. The van der Waals surface area contributed by atoms with Crippen LogP contribution >= 0.6 is 0 Å². The van der Waals surface area contributed by atoms with Gasteiger partial charge in [0.05, 0.1) is 17.0 Å². The number of hydrogen-bond donors (Lipinski definition) is 2. The van der Waals surface area contributed by atoms with Crippen LogP contribution in [0.3, 0.4) is 0 Å². The number of nitrogens with zero attached hydrogens (tertiary/aromatic N) is 4. The van der Waals surface area contributed by atoms with Crippen LogP contribution in [0.2, 0.25) is 0 Å². The number of hydrogen-bond acceptors (Lipinski definition) is 7. The molecule has 5 rings (SSSR count). The molecule has 0 amide bonds. The fourth-order valence-corrected chi connectivity index (χ4v) is 5.57. The molecule has 3 fully saturated rings. The lowest BCUT2D eigenvalue weighted by Gasteiger charge is -2.44. The number of ether oxygens (including phenoxy) is 1. The van der Waals surface area contributed by atoms with Crippen LogP contribution in [0.15, 0.2) is 47.7 Å². The molecule has 1 spiro atoms. The van der Waals surface area contributed by atoms with E-state index in [2.05, 4.69) is 26.8 Å². The van der Waals surface area contributed by atoms with E-state index >= 15 is 4.39 Å². The number of rotatable bonds is 7. The van der Waals surface area contributed by atoms with Gasteiger partial charge in [-0.05, 0) is 75.5 Å². The number of piperidine rings is 1. The van der Waals surface area contributed by atoms with Gasteiger partial charge in [0.15, 0.2) is 5.82 Å². The molecule has 0 atom stereocenters. The molecule has 0 bridgehead atoms. The minimum Gasteiger partial charge on any atom is -0.398 e. The molecule has 8 heteroatoms. The molecule has 3 heterocycles. The van der Waals surface area contributed by atoms with E-state index in [1.54, 1.807) is 18.3 Å². The molecule has 1 saturated carbocycles. The maximum atomic E-state index is 16.0. The highest BCUT2D eigenvalue weighted by molar-refractivity contribution is 5.84. The first-order valence-electron chi connectivity index (χ1n) is 13.4. The average Bonchev–Trinajstić information content (AvgIpc) is 2.87. The van der Waals surface area contributed by atoms with E-state index in [1.165, 1.54) is 12.6 Å². The Morgan fingerprint density at radius 3 is 2.68 bits per heavy atom. The van der Waals surface area contributed by atoms with Gasteiger partial charge in [-0.15, -0.1) is 0 Å². The quantitative estimate of drug-likeness (QED) is 0.445. The van der Waals surface area contributed by atoms with Gasteiger partial charge >= 0.3 is 0 Å². The Bertz CT molecular complexity index is 1190. The molecule has 3 N–H and O–H groups in total. The third kappa shape index (κ3) is 5.54. The number of aromatic nitrogens is 2. The first-order valence-corrected chi connectivity index (χ1v) is 13.4. The van der Waals surface area contributed by atoms with Gasteiger partial charge in [-0.2, -0.15) is 4.98 Å². The molecule has 1 aromatic carbocycles. The Balaban J connectivity index is 1.40. The normalized spacial score (nSPS) is 20.3. The highest BCUT2D eigenvalue weighted by Gasteiger charge is 2.37. The Morgan fingerprint density at radius 2 is 2.03 bits per heavy atom. The summed E-state index contributed by atoms with van der Waals surface area (Å²) in [5.74, 6) is 1.21. The van der Waals surface area contributed by atoms with Gasteiger partial charge in [0.2, 0.25) is 5.95 Å². The fraction of sp³-hybridized carbons (Fsp3) is 0.483.